The summed E-state index contributed by atoms with van der Waals surface area (Å²) in [5.74, 6) is 0. The number of aliphatic hydroxyl groups excluding tert-OH is 1. The lowest BCUT2D eigenvalue weighted by molar-refractivity contribution is 0.112. The normalized spacial score (nSPS) is 20.4. The summed E-state index contributed by atoms with van der Waals surface area (Å²) in [6.45, 7) is 3.14. The van der Waals surface area contributed by atoms with Crippen LogP contribution < -0.4 is 4.90 Å². The first-order chi connectivity index (χ1) is 8.26. The molecule has 92 valence electrons. The van der Waals surface area contributed by atoms with Gasteiger partial charge in [0, 0.05) is 17.8 Å². The first-order valence-corrected chi connectivity index (χ1v) is 6.19. The molecule has 1 N–H and O–H groups in total. The Bertz CT molecular complexity index is 403. The first-order valence-electron chi connectivity index (χ1n) is 6.19. The van der Waals surface area contributed by atoms with Crippen molar-refractivity contribution in [3.63, 3.8) is 0 Å². The third-order valence-corrected chi connectivity index (χ3v) is 3.55. The van der Waals surface area contributed by atoms with Crippen LogP contribution in [0.5, 0.6) is 0 Å². The molecule has 1 heterocycles. The van der Waals surface area contributed by atoms with Crippen LogP contribution >= 0.6 is 0 Å². The van der Waals surface area contributed by atoms with Gasteiger partial charge in [0.1, 0.15) is 6.29 Å². The Morgan fingerprint density at radius 1 is 1.47 bits per heavy atom. The molecule has 1 aromatic carbocycles. The van der Waals surface area contributed by atoms with Crippen LogP contribution in [0.4, 0.5) is 5.69 Å². The topological polar surface area (TPSA) is 40.5 Å². The molecule has 0 aromatic heterocycles. The van der Waals surface area contributed by atoms with E-state index >= 15 is 0 Å². The highest BCUT2D eigenvalue weighted by molar-refractivity contribution is 5.78. The van der Waals surface area contributed by atoms with Crippen molar-refractivity contribution < 1.29 is 9.90 Å². The van der Waals surface area contributed by atoms with Gasteiger partial charge in [-0.25, -0.2) is 0 Å². The van der Waals surface area contributed by atoms with Crippen molar-refractivity contribution in [2.75, 3.05) is 18.1 Å². The number of aryl methyl sites for hydroxylation is 1. The molecular weight excluding hydrogens is 214 g/mol. The SMILES string of the molecule is Cc1cc(N2CCCCC2CO)ccc1C=O. The van der Waals surface area contributed by atoms with E-state index < -0.39 is 0 Å². The summed E-state index contributed by atoms with van der Waals surface area (Å²) in [6, 6.07) is 6.11. The minimum atomic E-state index is 0.203. The zero-order valence-electron chi connectivity index (χ0n) is 10.2. The number of nitrogens with zero attached hydrogens (tertiary/aromatic N) is 1. The number of benzene rings is 1. The molecule has 3 nitrogen and oxygen atoms in total. The summed E-state index contributed by atoms with van der Waals surface area (Å²) < 4.78 is 0. The van der Waals surface area contributed by atoms with Gasteiger partial charge in [-0.3, -0.25) is 4.79 Å². The maximum atomic E-state index is 10.8. The maximum Gasteiger partial charge on any atom is 0.150 e. The molecule has 1 atom stereocenters. The van der Waals surface area contributed by atoms with E-state index in [2.05, 4.69) is 4.90 Å². The van der Waals surface area contributed by atoms with Gasteiger partial charge in [-0.2, -0.15) is 0 Å². The van der Waals surface area contributed by atoms with Crippen LogP contribution in [0.25, 0.3) is 0 Å². The minimum absolute atomic E-state index is 0.203. The van der Waals surface area contributed by atoms with Crippen LogP contribution in [0, 0.1) is 6.92 Å². The van der Waals surface area contributed by atoms with Crippen molar-refractivity contribution in [1.29, 1.82) is 0 Å². The Morgan fingerprint density at radius 3 is 2.94 bits per heavy atom. The largest absolute Gasteiger partial charge is 0.394 e. The van der Waals surface area contributed by atoms with Crippen molar-refractivity contribution in [1.82, 2.24) is 0 Å². The van der Waals surface area contributed by atoms with Crippen LogP contribution in [0.1, 0.15) is 35.2 Å². The third-order valence-electron chi connectivity index (χ3n) is 3.55. The van der Waals surface area contributed by atoms with Crippen LogP contribution in [0.15, 0.2) is 18.2 Å². The van der Waals surface area contributed by atoms with Gasteiger partial charge in [0.25, 0.3) is 0 Å². The fraction of sp³-hybridized carbons (Fsp3) is 0.500. The third kappa shape index (κ3) is 2.50. The van der Waals surface area contributed by atoms with E-state index in [1.807, 2.05) is 25.1 Å². The second-order valence-electron chi connectivity index (χ2n) is 4.68. The number of hydrogen-bond donors (Lipinski definition) is 1. The van der Waals surface area contributed by atoms with Crippen molar-refractivity contribution in [3.8, 4) is 0 Å². The molecule has 2 rings (SSSR count). The van der Waals surface area contributed by atoms with Crippen LogP contribution in [-0.2, 0) is 0 Å². The number of aldehydes is 1. The van der Waals surface area contributed by atoms with Gasteiger partial charge in [-0.15, -0.1) is 0 Å². The molecule has 0 saturated carbocycles. The average Bonchev–Trinajstić information content (AvgIpc) is 2.38. The van der Waals surface area contributed by atoms with E-state index in [9.17, 15) is 9.90 Å². The van der Waals surface area contributed by atoms with E-state index in [1.54, 1.807) is 0 Å². The smallest absolute Gasteiger partial charge is 0.150 e. The van der Waals surface area contributed by atoms with Gasteiger partial charge >= 0.3 is 0 Å². The first kappa shape index (κ1) is 12.1. The van der Waals surface area contributed by atoms with Crippen molar-refractivity contribution in [3.05, 3.63) is 29.3 Å². The number of carbonyl (C=O) groups is 1. The molecular formula is C14H19NO2. The number of rotatable bonds is 3. The number of piperidine rings is 1. The quantitative estimate of drug-likeness (QED) is 0.813. The highest BCUT2D eigenvalue weighted by Crippen LogP contribution is 2.26. The van der Waals surface area contributed by atoms with Gasteiger partial charge < -0.3 is 10.0 Å². The van der Waals surface area contributed by atoms with Gasteiger partial charge in [0.05, 0.1) is 12.6 Å². The number of aliphatic hydroxyl groups is 1. The minimum Gasteiger partial charge on any atom is -0.394 e. The van der Waals surface area contributed by atoms with Gasteiger partial charge in [-0.05, 0) is 49.9 Å². The van der Waals surface area contributed by atoms with Crippen molar-refractivity contribution >= 4 is 12.0 Å². The fourth-order valence-corrected chi connectivity index (χ4v) is 2.50. The summed E-state index contributed by atoms with van der Waals surface area (Å²) in [6.07, 6.45) is 4.29. The van der Waals surface area contributed by atoms with Crippen molar-refractivity contribution in [2.45, 2.75) is 32.2 Å². The Balaban J connectivity index is 2.25. The summed E-state index contributed by atoms with van der Waals surface area (Å²) >= 11 is 0. The lowest BCUT2D eigenvalue weighted by Gasteiger charge is -2.36. The Morgan fingerprint density at radius 2 is 2.29 bits per heavy atom. The molecule has 1 aromatic rings. The molecule has 1 saturated heterocycles. The molecule has 1 fully saturated rings. The molecule has 1 aliphatic heterocycles. The molecule has 0 bridgehead atoms. The Labute approximate surface area is 102 Å². The molecule has 0 radical (unpaired) electrons. The maximum absolute atomic E-state index is 10.8. The predicted octanol–water partition coefficient (Wildman–Crippen LogP) is 2.16. The van der Waals surface area contributed by atoms with Crippen LogP contribution in [-0.4, -0.2) is 30.6 Å². The number of anilines is 1. The van der Waals surface area contributed by atoms with E-state index in [-0.39, 0.29) is 12.6 Å². The van der Waals surface area contributed by atoms with E-state index in [1.165, 1.54) is 12.8 Å². The van der Waals surface area contributed by atoms with E-state index in [0.29, 0.717) is 0 Å². The van der Waals surface area contributed by atoms with Crippen LogP contribution in [0.3, 0.4) is 0 Å². The predicted molar refractivity (Wildman–Crippen MR) is 68.6 cm³/mol. The monoisotopic (exact) mass is 233 g/mol. The molecule has 0 spiro atoms. The van der Waals surface area contributed by atoms with E-state index in [4.69, 9.17) is 0 Å². The zero-order valence-corrected chi connectivity index (χ0v) is 10.2. The lowest BCUT2D eigenvalue weighted by atomic mass is 10.0. The van der Waals surface area contributed by atoms with Gasteiger partial charge in [0.2, 0.25) is 0 Å². The molecule has 1 unspecified atom stereocenters. The zero-order chi connectivity index (χ0) is 12.3. The molecule has 0 aliphatic carbocycles. The molecule has 3 heteroatoms. The Hall–Kier alpha value is -1.35. The molecule has 0 amide bonds. The fourth-order valence-electron chi connectivity index (χ4n) is 2.50. The second-order valence-corrected chi connectivity index (χ2v) is 4.68. The Kier molecular flexibility index (Phi) is 3.79. The van der Waals surface area contributed by atoms with Crippen LogP contribution in [0.2, 0.25) is 0 Å². The second kappa shape index (κ2) is 5.32. The summed E-state index contributed by atoms with van der Waals surface area (Å²) in [7, 11) is 0. The number of hydrogen-bond acceptors (Lipinski definition) is 3. The average molecular weight is 233 g/mol. The summed E-state index contributed by atoms with van der Waals surface area (Å²) in [5.41, 5.74) is 2.86. The van der Waals surface area contributed by atoms with Gasteiger partial charge in [0.15, 0.2) is 0 Å². The number of carbonyl (C=O) groups excluding carboxylic acids is 1. The highest BCUT2D eigenvalue weighted by Gasteiger charge is 2.21. The lowest BCUT2D eigenvalue weighted by Crippen LogP contribution is -2.41. The standard InChI is InChI=1S/C14H19NO2/c1-11-8-13(6-5-12(11)9-16)15-7-3-2-4-14(15)10-17/h5-6,8-9,14,17H,2-4,7,10H2,1H3. The molecule has 1 aliphatic rings. The van der Waals surface area contributed by atoms with E-state index in [0.717, 1.165) is 36.1 Å². The summed E-state index contributed by atoms with van der Waals surface area (Å²) in [5, 5.41) is 9.39. The molecule has 17 heavy (non-hydrogen) atoms. The van der Waals surface area contributed by atoms with Gasteiger partial charge in [-0.1, -0.05) is 0 Å². The highest BCUT2D eigenvalue weighted by atomic mass is 16.3. The van der Waals surface area contributed by atoms with Crippen molar-refractivity contribution in [2.24, 2.45) is 0 Å². The summed E-state index contributed by atoms with van der Waals surface area (Å²) in [4.78, 5) is 13.0.